The van der Waals surface area contributed by atoms with Crippen molar-refractivity contribution < 1.29 is 4.39 Å². The normalized spacial score (nSPS) is 23.4. The number of alkyl halides is 1. The maximum Gasteiger partial charge on any atom is 0.165 e. The van der Waals surface area contributed by atoms with Crippen LogP contribution in [0.2, 0.25) is 0 Å². The van der Waals surface area contributed by atoms with Crippen LogP contribution in [-0.4, -0.2) is 30.9 Å². The smallest absolute Gasteiger partial charge is 0.165 e. The molecule has 14 heavy (non-hydrogen) atoms. The molecule has 1 aromatic rings. The van der Waals surface area contributed by atoms with E-state index < -0.39 is 6.30 Å². The summed E-state index contributed by atoms with van der Waals surface area (Å²) in [4.78, 5) is 0. The molecule has 1 aliphatic heterocycles. The molecule has 0 amide bonds. The number of halogens is 1. The van der Waals surface area contributed by atoms with E-state index in [0.717, 1.165) is 12.2 Å². The minimum Gasteiger partial charge on any atom is -0.319 e. The molecule has 0 aliphatic carbocycles. The van der Waals surface area contributed by atoms with Gasteiger partial charge in [-0.3, -0.25) is 5.32 Å². The summed E-state index contributed by atoms with van der Waals surface area (Å²) in [7, 11) is 0. The third kappa shape index (κ3) is 2.43. The molecule has 0 spiro atoms. The molecule has 2 N–H and O–H groups in total. The van der Waals surface area contributed by atoms with Crippen molar-refractivity contribution in [1.82, 2.24) is 10.3 Å². The second-order valence-corrected chi connectivity index (χ2v) is 3.35. The molecule has 0 bridgehead atoms. The van der Waals surface area contributed by atoms with Gasteiger partial charge in [-0.05, 0) is 12.1 Å². The second kappa shape index (κ2) is 4.39. The fourth-order valence-corrected chi connectivity index (χ4v) is 1.50. The molecule has 76 valence electrons. The summed E-state index contributed by atoms with van der Waals surface area (Å²) in [5.41, 5.74) is 4.17. The highest BCUT2D eigenvalue weighted by Crippen LogP contribution is 2.08. The molecule has 1 unspecified atom stereocenters. The summed E-state index contributed by atoms with van der Waals surface area (Å²) in [6, 6.07) is 9.81. The zero-order valence-electron chi connectivity index (χ0n) is 7.91. The van der Waals surface area contributed by atoms with E-state index >= 15 is 0 Å². The van der Waals surface area contributed by atoms with Gasteiger partial charge in [0.1, 0.15) is 0 Å². The highest BCUT2D eigenvalue weighted by Gasteiger charge is 2.17. The third-order valence-corrected chi connectivity index (χ3v) is 2.19. The maximum atomic E-state index is 12.9. The van der Waals surface area contributed by atoms with Crippen molar-refractivity contribution in [3.63, 3.8) is 0 Å². The van der Waals surface area contributed by atoms with Crippen LogP contribution in [0.4, 0.5) is 10.1 Å². The number of hydrogen-bond acceptors (Lipinski definition) is 3. The van der Waals surface area contributed by atoms with Gasteiger partial charge in [-0.15, -0.1) is 0 Å². The molecular weight excluding hydrogens is 181 g/mol. The molecule has 2 rings (SSSR count). The first-order valence-electron chi connectivity index (χ1n) is 4.79. The molecule has 1 aliphatic rings. The number of nitrogens with one attached hydrogen (secondary N) is 2. The van der Waals surface area contributed by atoms with E-state index in [4.69, 9.17) is 0 Å². The van der Waals surface area contributed by atoms with Crippen molar-refractivity contribution in [2.24, 2.45) is 0 Å². The number of benzene rings is 1. The summed E-state index contributed by atoms with van der Waals surface area (Å²) in [5, 5.41) is 4.63. The second-order valence-electron chi connectivity index (χ2n) is 3.35. The quantitative estimate of drug-likeness (QED) is 0.695. The Labute approximate surface area is 82.9 Å². The molecule has 3 nitrogen and oxygen atoms in total. The van der Waals surface area contributed by atoms with Crippen LogP contribution in [0.1, 0.15) is 0 Å². The van der Waals surface area contributed by atoms with Crippen LogP contribution in [0, 0.1) is 0 Å². The average Bonchev–Trinajstić information content (AvgIpc) is 2.19. The standard InChI is InChI=1S/C10H14FN3/c11-10-8-14(7-6-12-10)13-9-4-2-1-3-5-9/h1-5,10,12-13H,6-8H2. The predicted octanol–water partition coefficient (Wildman–Crippen LogP) is 1.21. The SMILES string of the molecule is FC1CN(Nc2ccccc2)CCN1. The van der Waals surface area contributed by atoms with Crippen LogP contribution in [0.5, 0.6) is 0 Å². The fourth-order valence-electron chi connectivity index (χ4n) is 1.50. The predicted molar refractivity (Wildman–Crippen MR) is 54.5 cm³/mol. The summed E-state index contributed by atoms with van der Waals surface area (Å²) in [5.74, 6) is 0. The van der Waals surface area contributed by atoms with Gasteiger partial charge in [0.15, 0.2) is 6.30 Å². The molecule has 1 heterocycles. The molecule has 4 heteroatoms. The number of nitrogens with zero attached hydrogens (tertiary/aromatic N) is 1. The minimum atomic E-state index is -0.931. The van der Waals surface area contributed by atoms with Crippen molar-refractivity contribution in [3.8, 4) is 0 Å². The Hall–Kier alpha value is -1.13. The highest BCUT2D eigenvalue weighted by molar-refractivity contribution is 5.41. The van der Waals surface area contributed by atoms with Crippen molar-refractivity contribution in [2.45, 2.75) is 6.30 Å². The largest absolute Gasteiger partial charge is 0.319 e. The van der Waals surface area contributed by atoms with E-state index in [2.05, 4.69) is 10.7 Å². The van der Waals surface area contributed by atoms with Gasteiger partial charge < -0.3 is 5.43 Å². The minimum absolute atomic E-state index is 0.384. The van der Waals surface area contributed by atoms with Crippen molar-refractivity contribution >= 4 is 5.69 Å². The third-order valence-electron chi connectivity index (χ3n) is 2.19. The Kier molecular flexibility index (Phi) is 2.96. The zero-order chi connectivity index (χ0) is 9.80. The van der Waals surface area contributed by atoms with Crippen LogP contribution in [-0.2, 0) is 0 Å². The van der Waals surface area contributed by atoms with Gasteiger partial charge in [0, 0.05) is 18.8 Å². The summed E-state index contributed by atoms with van der Waals surface area (Å²) >= 11 is 0. The van der Waals surface area contributed by atoms with Crippen LogP contribution >= 0.6 is 0 Å². The number of hydrogen-bond donors (Lipinski definition) is 2. The maximum absolute atomic E-state index is 12.9. The van der Waals surface area contributed by atoms with Crippen LogP contribution in [0.15, 0.2) is 30.3 Å². The van der Waals surface area contributed by atoms with E-state index in [-0.39, 0.29) is 0 Å². The van der Waals surface area contributed by atoms with Crippen LogP contribution in [0.3, 0.4) is 0 Å². The van der Waals surface area contributed by atoms with Gasteiger partial charge in [-0.2, -0.15) is 0 Å². The molecule has 0 aromatic heterocycles. The average molecular weight is 195 g/mol. The summed E-state index contributed by atoms with van der Waals surface area (Å²) in [6.07, 6.45) is -0.931. The lowest BCUT2D eigenvalue weighted by Crippen LogP contribution is -2.50. The molecule has 0 saturated carbocycles. The number of piperazine rings is 1. The van der Waals surface area contributed by atoms with Gasteiger partial charge >= 0.3 is 0 Å². The Morgan fingerprint density at radius 3 is 2.86 bits per heavy atom. The Morgan fingerprint density at radius 1 is 1.36 bits per heavy atom. The Morgan fingerprint density at radius 2 is 2.14 bits per heavy atom. The fraction of sp³-hybridized carbons (Fsp3) is 0.400. The lowest BCUT2D eigenvalue weighted by atomic mass is 10.3. The summed E-state index contributed by atoms with van der Waals surface area (Å²) in [6.45, 7) is 1.88. The van der Waals surface area contributed by atoms with Crippen LogP contribution in [0.25, 0.3) is 0 Å². The molecule has 0 radical (unpaired) electrons. The number of hydrazine groups is 1. The van der Waals surface area contributed by atoms with E-state index in [1.54, 1.807) is 0 Å². The van der Waals surface area contributed by atoms with Crippen molar-refractivity contribution in [3.05, 3.63) is 30.3 Å². The molecular formula is C10H14FN3. The Balaban J connectivity index is 1.91. The first-order chi connectivity index (χ1) is 6.84. The van der Waals surface area contributed by atoms with Gasteiger partial charge in [0.25, 0.3) is 0 Å². The van der Waals surface area contributed by atoms with Gasteiger partial charge in [0.05, 0.1) is 6.54 Å². The number of rotatable bonds is 2. The van der Waals surface area contributed by atoms with Gasteiger partial charge in [-0.1, -0.05) is 18.2 Å². The van der Waals surface area contributed by atoms with E-state index in [9.17, 15) is 4.39 Å². The van der Waals surface area contributed by atoms with E-state index in [1.165, 1.54) is 0 Å². The van der Waals surface area contributed by atoms with Gasteiger partial charge in [-0.25, -0.2) is 9.40 Å². The molecule has 1 atom stereocenters. The highest BCUT2D eigenvalue weighted by atomic mass is 19.1. The van der Waals surface area contributed by atoms with Gasteiger partial charge in [0.2, 0.25) is 0 Å². The van der Waals surface area contributed by atoms with Crippen molar-refractivity contribution in [1.29, 1.82) is 0 Å². The first-order valence-corrected chi connectivity index (χ1v) is 4.79. The summed E-state index contributed by atoms with van der Waals surface area (Å²) < 4.78 is 12.9. The lowest BCUT2D eigenvalue weighted by Gasteiger charge is -2.30. The van der Waals surface area contributed by atoms with Crippen molar-refractivity contribution in [2.75, 3.05) is 25.1 Å². The monoisotopic (exact) mass is 195 g/mol. The van der Waals surface area contributed by atoms with E-state index in [1.807, 2.05) is 35.3 Å². The van der Waals surface area contributed by atoms with Crippen LogP contribution < -0.4 is 10.7 Å². The Bertz CT molecular complexity index is 278. The molecule has 1 fully saturated rings. The van der Waals surface area contributed by atoms with E-state index in [0.29, 0.717) is 13.1 Å². The first kappa shape index (κ1) is 9.43. The lowest BCUT2D eigenvalue weighted by molar-refractivity contribution is 0.145. The number of anilines is 1. The zero-order valence-corrected chi connectivity index (χ0v) is 7.91. The molecule has 1 saturated heterocycles. The number of para-hydroxylation sites is 1. The topological polar surface area (TPSA) is 27.3 Å². The molecule has 1 aromatic carbocycles.